The molecule has 7 heteroatoms. The second-order valence-electron chi connectivity index (χ2n) is 13.7. The van der Waals surface area contributed by atoms with Crippen LogP contribution in [0.5, 0.6) is 0 Å². The smallest absolute Gasteiger partial charge is 0.326 e. The molecule has 0 aliphatic heterocycles. The highest BCUT2D eigenvalue weighted by Crippen LogP contribution is 2.19. The standard InChI is InChI=1S/C40H76N2O5/c1-3-5-7-9-11-13-14-15-16-17-19-24-28-34-39(44)47-36(30-25-21-18-12-10-8-6-4-2)31-26-22-20-23-27-33-38(43)42-37(40(45)46)32-29-35-41/h13-14,36-37H,3-12,15-35,41H2,1-2H3,(H,42,43)(H,45,46)/b14-13-. The van der Waals surface area contributed by atoms with E-state index in [1.807, 2.05) is 0 Å². The van der Waals surface area contributed by atoms with Gasteiger partial charge in [-0.2, -0.15) is 0 Å². The minimum Gasteiger partial charge on any atom is -0.480 e. The third-order valence-electron chi connectivity index (χ3n) is 9.08. The van der Waals surface area contributed by atoms with E-state index in [9.17, 15) is 19.5 Å². The van der Waals surface area contributed by atoms with E-state index >= 15 is 0 Å². The molecular formula is C40H76N2O5. The number of allylic oxidation sites excluding steroid dienone is 2. The number of rotatable bonds is 36. The van der Waals surface area contributed by atoms with Gasteiger partial charge in [-0.1, -0.05) is 129 Å². The van der Waals surface area contributed by atoms with Crippen LogP contribution in [0.4, 0.5) is 0 Å². The van der Waals surface area contributed by atoms with E-state index in [-0.39, 0.29) is 18.0 Å². The van der Waals surface area contributed by atoms with Gasteiger partial charge in [0.1, 0.15) is 12.1 Å². The Hall–Kier alpha value is -1.89. The molecule has 4 N–H and O–H groups in total. The molecule has 47 heavy (non-hydrogen) atoms. The first-order valence-electron chi connectivity index (χ1n) is 20.0. The Bertz CT molecular complexity index is 757. The molecule has 276 valence electrons. The van der Waals surface area contributed by atoms with E-state index in [2.05, 4.69) is 31.3 Å². The largest absolute Gasteiger partial charge is 0.480 e. The molecule has 0 saturated carbocycles. The Labute approximate surface area is 290 Å². The molecule has 0 aromatic rings. The number of nitrogens with one attached hydrogen (secondary N) is 1. The number of carboxylic acid groups (broad SMARTS) is 1. The van der Waals surface area contributed by atoms with Crippen molar-refractivity contribution < 1.29 is 24.2 Å². The first-order chi connectivity index (χ1) is 22.9. The summed E-state index contributed by atoms with van der Waals surface area (Å²) in [5, 5.41) is 11.9. The van der Waals surface area contributed by atoms with Crippen LogP contribution in [0, 0.1) is 0 Å². The molecule has 0 bridgehead atoms. The fourth-order valence-corrected chi connectivity index (χ4v) is 6.03. The van der Waals surface area contributed by atoms with Crippen LogP contribution in [-0.2, 0) is 19.1 Å². The highest BCUT2D eigenvalue weighted by molar-refractivity contribution is 5.83. The van der Waals surface area contributed by atoms with Crippen LogP contribution in [0.25, 0.3) is 0 Å². The quantitative estimate of drug-likeness (QED) is 0.0348. The summed E-state index contributed by atoms with van der Waals surface area (Å²) in [6.45, 7) is 4.92. The predicted octanol–water partition coefficient (Wildman–Crippen LogP) is 10.7. The first-order valence-corrected chi connectivity index (χ1v) is 20.0. The van der Waals surface area contributed by atoms with Crippen molar-refractivity contribution >= 4 is 17.8 Å². The van der Waals surface area contributed by atoms with E-state index in [1.165, 1.54) is 103 Å². The van der Waals surface area contributed by atoms with Crippen molar-refractivity contribution in [3.8, 4) is 0 Å². The van der Waals surface area contributed by atoms with Gasteiger partial charge in [-0.15, -0.1) is 0 Å². The van der Waals surface area contributed by atoms with Gasteiger partial charge in [-0.25, -0.2) is 4.79 Å². The maximum atomic E-state index is 12.7. The van der Waals surface area contributed by atoms with Crippen molar-refractivity contribution in [2.75, 3.05) is 6.54 Å². The van der Waals surface area contributed by atoms with E-state index in [1.54, 1.807) is 0 Å². The molecule has 0 saturated heterocycles. The van der Waals surface area contributed by atoms with Gasteiger partial charge in [0, 0.05) is 12.8 Å². The summed E-state index contributed by atoms with van der Waals surface area (Å²) in [5.41, 5.74) is 5.47. The van der Waals surface area contributed by atoms with Crippen LogP contribution < -0.4 is 11.1 Å². The first kappa shape index (κ1) is 45.1. The molecule has 7 nitrogen and oxygen atoms in total. The van der Waals surface area contributed by atoms with Crippen molar-refractivity contribution in [3.63, 3.8) is 0 Å². The summed E-state index contributed by atoms with van der Waals surface area (Å²) < 4.78 is 6.00. The third-order valence-corrected chi connectivity index (χ3v) is 9.08. The number of amides is 1. The van der Waals surface area contributed by atoms with E-state index in [0.717, 1.165) is 64.2 Å². The minimum atomic E-state index is -1.00. The molecule has 0 fully saturated rings. The second-order valence-corrected chi connectivity index (χ2v) is 13.7. The summed E-state index contributed by atoms with van der Waals surface area (Å²) in [6.07, 6.45) is 36.8. The average molecular weight is 665 g/mol. The Morgan fingerprint density at radius 2 is 1.04 bits per heavy atom. The number of nitrogens with two attached hydrogens (primary N) is 1. The fourth-order valence-electron chi connectivity index (χ4n) is 6.03. The molecule has 0 aliphatic rings. The lowest BCUT2D eigenvalue weighted by Crippen LogP contribution is -2.40. The van der Waals surface area contributed by atoms with E-state index in [4.69, 9.17) is 10.5 Å². The van der Waals surface area contributed by atoms with Gasteiger partial charge in [-0.05, 0) is 83.6 Å². The summed E-state index contributed by atoms with van der Waals surface area (Å²) in [7, 11) is 0. The topological polar surface area (TPSA) is 119 Å². The third kappa shape index (κ3) is 32.4. The van der Waals surface area contributed by atoms with Crippen LogP contribution >= 0.6 is 0 Å². The molecule has 2 unspecified atom stereocenters. The maximum Gasteiger partial charge on any atom is 0.326 e. The number of carbonyl (C=O) groups is 3. The van der Waals surface area contributed by atoms with Gasteiger partial charge >= 0.3 is 11.9 Å². The van der Waals surface area contributed by atoms with Crippen molar-refractivity contribution in [2.24, 2.45) is 5.73 Å². The van der Waals surface area contributed by atoms with Gasteiger partial charge in [0.15, 0.2) is 0 Å². The molecule has 0 rings (SSSR count). The zero-order valence-corrected chi connectivity index (χ0v) is 30.9. The van der Waals surface area contributed by atoms with E-state index in [0.29, 0.717) is 32.2 Å². The summed E-state index contributed by atoms with van der Waals surface area (Å²) in [4.78, 5) is 36.2. The summed E-state index contributed by atoms with van der Waals surface area (Å²) in [6, 6.07) is -0.853. The molecule has 1 amide bonds. The molecule has 0 heterocycles. The van der Waals surface area contributed by atoms with Crippen LogP contribution in [0.3, 0.4) is 0 Å². The van der Waals surface area contributed by atoms with Crippen LogP contribution in [-0.4, -0.2) is 41.6 Å². The van der Waals surface area contributed by atoms with Gasteiger partial charge in [0.05, 0.1) is 0 Å². The molecule has 0 aromatic carbocycles. The Kier molecular flexibility index (Phi) is 34.0. The molecule has 0 aromatic heterocycles. The summed E-state index contributed by atoms with van der Waals surface area (Å²) in [5.74, 6) is -1.23. The zero-order chi connectivity index (χ0) is 34.6. The minimum absolute atomic E-state index is 0.0172. The Morgan fingerprint density at radius 1 is 0.596 bits per heavy atom. The number of ether oxygens (including phenoxy) is 1. The SMILES string of the molecule is CCCCCC/C=C\CCCCCCCC(=O)OC(CCCCCCCCCC)CCCCCCCC(=O)NC(CCCN)C(=O)O. The lowest BCUT2D eigenvalue weighted by Gasteiger charge is -2.18. The Balaban J connectivity index is 4.25. The number of unbranched alkanes of at least 4 members (excludes halogenated alkanes) is 20. The predicted molar refractivity (Wildman–Crippen MR) is 197 cm³/mol. The normalized spacial score (nSPS) is 12.7. The number of aliphatic carboxylic acids is 1. The zero-order valence-electron chi connectivity index (χ0n) is 30.9. The lowest BCUT2D eigenvalue weighted by molar-refractivity contribution is -0.150. The second kappa shape index (κ2) is 35.4. The molecule has 0 aliphatic carbocycles. The molecule has 0 spiro atoms. The monoisotopic (exact) mass is 665 g/mol. The van der Waals surface area contributed by atoms with Crippen LogP contribution in [0.15, 0.2) is 12.2 Å². The van der Waals surface area contributed by atoms with Crippen molar-refractivity contribution in [2.45, 2.75) is 219 Å². The lowest BCUT2D eigenvalue weighted by atomic mass is 10.0. The van der Waals surface area contributed by atoms with Crippen molar-refractivity contribution in [1.29, 1.82) is 0 Å². The summed E-state index contributed by atoms with van der Waals surface area (Å²) >= 11 is 0. The maximum absolute atomic E-state index is 12.7. The van der Waals surface area contributed by atoms with Crippen molar-refractivity contribution in [1.82, 2.24) is 5.32 Å². The molecule has 2 atom stereocenters. The van der Waals surface area contributed by atoms with Gasteiger partial charge in [0.2, 0.25) is 5.91 Å². The fraction of sp³-hybridized carbons (Fsp3) is 0.875. The average Bonchev–Trinajstić information content (AvgIpc) is 3.05. The number of hydrogen-bond acceptors (Lipinski definition) is 5. The number of carboxylic acids is 1. The number of esters is 1. The van der Waals surface area contributed by atoms with Gasteiger partial charge in [-0.3, -0.25) is 9.59 Å². The number of carbonyl (C=O) groups excluding carboxylic acids is 2. The molecule has 0 radical (unpaired) electrons. The molecular weight excluding hydrogens is 588 g/mol. The van der Waals surface area contributed by atoms with E-state index < -0.39 is 12.0 Å². The number of hydrogen-bond donors (Lipinski definition) is 3. The van der Waals surface area contributed by atoms with Crippen LogP contribution in [0.2, 0.25) is 0 Å². The van der Waals surface area contributed by atoms with Gasteiger partial charge in [0.25, 0.3) is 0 Å². The highest BCUT2D eigenvalue weighted by atomic mass is 16.5. The van der Waals surface area contributed by atoms with Crippen LogP contribution in [0.1, 0.15) is 206 Å². The van der Waals surface area contributed by atoms with Crippen molar-refractivity contribution in [3.05, 3.63) is 12.2 Å². The Morgan fingerprint density at radius 3 is 1.55 bits per heavy atom. The van der Waals surface area contributed by atoms with Gasteiger partial charge < -0.3 is 20.9 Å². The highest BCUT2D eigenvalue weighted by Gasteiger charge is 2.19.